The Labute approximate surface area is 313 Å². The van der Waals surface area contributed by atoms with E-state index in [0.717, 1.165) is 17.1 Å². The van der Waals surface area contributed by atoms with E-state index in [9.17, 15) is 0 Å². The largest absolute Gasteiger partial charge is 0.310 e. The maximum absolute atomic E-state index is 2.44. The van der Waals surface area contributed by atoms with Gasteiger partial charge in [0.25, 0.3) is 0 Å². The molecular weight excluding hydrogens is 639 g/mol. The van der Waals surface area contributed by atoms with Crippen molar-refractivity contribution >= 4 is 27.8 Å². The Morgan fingerprint density at radius 1 is 0.415 bits per heavy atom. The van der Waals surface area contributed by atoms with Crippen molar-refractivity contribution in [3.8, 4) is 44.5 Å². The van der Waals surface area contributed by atoms with Crippen molar-refractivity contribution in [1.29, 1.82) is 0 Å². The maximum atomic E-state index is 2.44. The molecular formula is C52H43N. The number of rotatable bonds is 7. The van der Waals surface area contributed by atoms with Crippen LogP contribution in [0.3, 0.4) is 0 Å². The van der Waals surface area contributed by atoms with Crippen LogP contribution in [0.5, 0.6) is 0 Å². The quantitative estimate of drug-likeness (QED) is 0.162. The summed E-state index contributed by atoms with van der Waals surface area (Å²) in [6.45, 7) is 9.38. The summed E-state index contributed by atoms with van der Waals surface area (Å²) >= 11 is 0. The van der Waals surface area contributed by atoms with Crippen LogP contribution in [0.1, 0.15) is 50.3 Å². The monoisotopic (exact) mass is 681 g/mol. The zero-order valence-electron chi connectivity index (χ0n) is 30.8. The lowest BCUT2D eigenvalue weighted by atomic mass is 9.81. The molecule has 0 amide bonds. The molecule has 1 nitrogen and oxygen atoms in total. The van der Waals surface area contributed by atoms with Crippen molar-refractivity contribution in [2.45, 2.75) is 39.0 Å². The first kappa shape index (κ1) is 32.7. The predicted molar refractivity (Wildman–Crippen MR) is 227 cm³/mol. The first-order valence-corrected chi connectivity index (χ1v) is 18.8. The summed E-state index contributed by atoms with van der Waals surface area (Å²) in [4.78, 5) is 2.42. The number of anilines is 3. The summed E-state index contributed by atoms with van der Waals surface area (Å²) < 4.78 is 0. The molecule has 0 aromatic heterocycles. The average Bonchev–Trinajstić information content (AvgIpc) is 3.44. The van der Waals surface area contributed by atoms with E-state index in [1.54, 1.807) is 0 Å². The van der Waals surface area contributed by atoms with Crippen LogP contribution >= 0.6 is 0 Å². The summed E-state index contributed by atoms with van der Waals surface area (Å²) in [5, 5.41) is 2.52. The van der Waals surface area contributed by atoms with E-state index in [0.29, 0.717) is 5.92 Å². The molecule has 0 saturated heterocycles. The predicted octanol–water partition coefficient (Wildman–Crippen LogP) is 14.7. The Morgan fingerprint density at radius 2 is 0.981 bits per heavy atom. The van der Waals surface area contributed by atoms with Crippen molar-refractivity contribution in [2.24, 2.45) is 0 Å². The normalized spacial score (nSPS) is 12.8. The second kappa shape index (κ2) is 13.1. The van der Waals surface area contributed by atoms with E-state index >= 15 is 0 Å². The minimum atomic E-state index is -0.109. The van der Waals surface area contributed by atoms with Crippen LogP contribution in [0.15, 0.2) is 182 Å². The summed E-state index contributed by atoms with van der Waals surface area (Å²) in [6.07, 6.45) is 0. The van der Waals surface area contributed by atoms with Crippen molar-refractivity contribution in [2.75, 3.05) is 4.90 Å². The molecule has 1 heteroatoms. The van der Waals surface area contributed by atoms with E-state index < -0.39 is 0 Å². The number of hydrogen-bond donors (Lipinski definition) is 0. The van der Waals surface area contributed by atoms with E-state index in [2.05, 4.69) is 215 Å². The molecule has 0 N–H and O–H groups in total. The zero-order chi connectivity index (χ0) is 36.1. The van der Waals surface area contributed by atoms with Crippen LogP contribution < -0.4 is 4.90 Å². The van der Waals surface area contributed by atoms with E-state index in [-0.39, 0.29) is 5.41 Å². The Morgan fingerprint density at radius 3 is 1.66 bits per heavy atom. The molecule has 0 unspecified atom stereocenters. The van der Waals surface area contributed by atoms with Crippen molar-refractivity contribution < 1.29 is 0 Å². The van der Waals surface area contributed by atoms with Gasteiger partial charge in [-0.1, -0.05) is 173 Å². The second-order valence-electron chi connectivity index (χ2n) is 15.1. The third kappa shape index (κ3) is 5.65. The maximum Gasteiger partial charge on any atom is 0.0465 e. The minimum absolute atomic E-state index is 0.109. The van der Waals surface area contributed by atoms with Gasteiger partial charge in [0.05, 0.1) is 0 Å². The van der Waals surface area contributed by atoms with Gasteiger partial charge in [0.1, 0.15) is 0 Å². The highest BCUT2D eigenvalue weighted by atomic mass is 15.1. The molecule has 0 atom stereocenters. The average molecular weight is 682 g/mol. The molecule has 53 heavy (non-hydrogen) atoms. The molecule has 1 aliphatic rings. The van der Waals surface area contributed by atoms with E-state index in [4.69, 9.17) is 0 Å². The Bertz CT molecular complexity index is 2580. The number of hydrogen-bond acceptors (Lipinski definition) is 1. The highest BCUT2D eigenvalue weighted by Gasteiger charge is 2.37. The molecule has 8 aromatic carbocycles. The van der Waals surface area contributed by atoms with E-state index in [1.807, 2.05) is 0 Å². The standard InChI is InChI=1S/C52H43N/c1-35(2)44-20-13-21-48-51(44)47-33-31-43(34-49(47)52(48,3)4)53(41-27-22-37(23-28-41)36-14-7-5-8-15-36)42-29-24-39(25-30-42)46-32-26-38-16-11-12-19-45(38)50(46)40-17-9-6-10-18-40/h5-35H,1-4H3. The van der Waals surface area contributed by atoms with Crippen molar-refractivity contribution in [3.63, 3.8) is 0 Å². The Hall–Kier alpha value is -6.18. The van der Waals surface area contributed by atoms with Crippen LogP contribution in [-0.4, -0.2) is 0 Å². The number of benzene rings is 8. The van der Waals surface area contributed by atoms with Gasteiger partial charge < -0.3 is 4.90 Å². The molecule has 0 fully saturated rings. The van der Waals surface area contributed by atoms with Gasteiger partial charge in [-0.2, -0.15) is 0 Å². The molecule has 8 aromatic rings. The van der Waals surface area contributed by atoms with Crippen LogP contribution in [0.4, 0.5) is 17.1 Å². The molecule has 0 aliphatic heterocycles. The van der Waals surface area contributed by atoms with Gasteiger partial charge >= 0.3 is 0 Å². The van der Waals surface area contributed by atoms with Crippen molar-refractivity contribution in [1.82, 2.24) is 0 Å². The lowest BCUT2D eigenvalue weighted by Gasteiger charge is -2.28. The SMILES string of the molecule is CC(C)c1cccc2c1-c1ccc(N(c3ccc(-c4ccccc4)cc3)c3ccc(-c4ccc5ccccc5c4-c4ccccc4)cc3)cc1C2(C)C. The first-order chi connectivity index (χ1) is 25.9. The van der Waals surface area contributed by atoms with Crippen LogP contribution in [0.25, 0.3) is 55.3 Å². The fourth-order valence-corrected chi connectivity index (χ4v) is 8.52. The first-order valence-electron chi connectivity index (χ1n) is 18.8. The van der Waals surface area contributed by atoms with Gasteiger partial charge in [-0.15, -0.1) is 0 Å². The molecule has 0 spiro atoms. The molecule has 1 aliphatic carbocycles. The zero-order valence-corrected chi connectivity index (χ0v) is 30.8. The smallest absolute Gasteiger partial charge is 0.0465 e. The summed E-state index contributed by atoms with van der Waals surface area (Å²) in [5.74, 6) is 0.453. The van der Waals surface area contributed by atoms with Gasteiger partial charge in [0.2, 0.25) is 0 Å². The summed E-state index contributed by atoms with van der Waals surface area (Å²) in [5.41, 5.74) is 17.7. The Balaban J connectivity index is 1.18. The van der Waals surface area contributed by atoms with Crippen LogP contribution in [0, 0.1) is 0 Å². The number of fused-ring (bicyclic) bond motifs is 4. The lowest BCUT2D eigenvalue weighted by Crippen LogP contribution is -2.16. The minimum Gasteiger partial charge on any atom is -0.310 e. The molecule has 0 bridgehead atoms. The molecule has 0 saturated carbocycles. The third-order valence-electron chi connectivity index (χ3n) is 11.3. The van der Waals surface area contributed by atoms with Crippen LogP contribution in [0.2, 0.25) is 0 Å². The second-order valence-corrected chi connectivity index (χ2v) is 15.1. The van der Waals surface area contributed by atoms with Crippen LogP contribution in [-0.2, 0) is 5.41 Å². The molecule has 256 valence electrons. The number of nitrogens with zero attached hydrogens (tertiary/aromatic N) is 1. The molecule has 9 rings (SSSR count). The molecule has 0 radical (unpaired) electrons. The fourth-order valence-electron chi connectivity index (χ4n) is 8.52. The van der Waals surface area contributed by atoms with Gasteiger partial charge in [-0.05, 0) is 114 Å². The lowest BCUT2D eigenvalue weighted by molar-refractivity contribution is 0.659. The summed E-state index contributed by atoms with van der Waals surface area (Å²) in [7, 11) is 0. The van der Waals surface area contributed by atoms with E-state index in [1.165, 1.54) is 72.0 Å². The topological polar surface area (TPSA) is 3.24 Å². The Kier molecular flexibility index (Phi) is 8.09. The van der Waals surface area contributed by atoms with Gasteiger partial charge in [0, 0.05) is 22.5 Å². The van der Waals surface area contributed by atoms with Gasteiger partial charge in [0.15, 0.2) is 0 Å². The third-order valence-corrected chi connectivity index (χ3v) is 11.3. The summed E-state index contributed by atoms with van der Waals surface area (Å²) in [6, 6.07) is 66.8. The highest BCUT2D eigenvalue weighted by Crippen LogP contribution is 2.53. The fraction of sp³-hybridized carbons (Fsp3) is 0.115. The highest BCUT2D eigenvalue weighted by molar-refractivity contribution is 6.04. The van der Waals surface area contributed by atoms with Gasteiger partial charge in [-0.3, -0.25) is 0 Å². The molecule has 0 heterocycles. The van der Waals surface area contributed by atoms with Gasteiger partial charge in [-0.25, -0.2) is 0 Å². The van der Waals surface area contributed by atoms with Crippen molar-refractivity contribution in [3.05, 3.63) is 199 Å².